The van der Waals surface area contributed by atoms with Crippen LogP contribution in [0.1, 0.15) is 64.4 Å². The molecule has 0 radical (unpaired) electrons. The maximum absolute atomic E-state index is 14.9. The third-order valence-corrected chi connectivity index (χ3v) is 4.02. The van der Waals surface area contributed by atoms with E-state index in [-0.39, 0.29) is 17.7 Å². The van der Waals surface area contributed by atoms with Gasteiger partial charge in [0, 0.05) is 12.0 Å². The fourth-order valence-electron chi connectivity index (χ4n) is 2.97. The van der Waals surface area contributed by atoms with Crippen LogP contribution in [0.2, 0.25) is 0 Å². The molecular formula is C14H23F2N3. The van der Waals surface area contributed by atoms with Gasteiger partial charge in [0.2, 0.25) is 0 Å². The van der Waals surface area contributed by atoms with E-state index in [9.17, 15) is 8.78 Å². The summed E-state index contributed by atoms with van der Waals surface area (Å²) in [5.74, 6) is -3.50. The van der Waals surface area contributed by atoms with E-state index in [1.807, 2.05) is 27.7 Å². The number of halogens is 2. The Morgan fingerprint density at radius 3 is 2.47 bits per heavy atom. The lowest BCUT2D eigenvalue weighted by Gasteiger charge is -2.32. The Kier molecular flexibility index (Phi) is 3.92. The molecule has 0 saturated heterocycles. The van der Waals surface area contributed by atoms with Crippen LogP contribution in [0, 0.1) is 11.8 Å². The molecule has 0 bridgehead atoms. The normalized spacial score (nSPS) is 23.3. The molecule has 0 saturated carbocycles. The molecule has 1 atom stereocenters. The fourth-order valence-corrected chi connectivity index (χ4v) is 2.97. The van der Waals surface area contributed by atoms with Crippen molar-refractivity contribution in [3.63, 3.8) is 0 Å². The Morgan fingerprint density at radius 2 is 1.89 bits per heavy atom. The monoisotopic (exact) mass is 271 g/mol. The average Bonchev–Trinajstić information content (AvgIpc) is 2.70. The van der Waals surface area contributed by atoms with Crippen LogP contribution < -0.4 is 0 Å². The maximum atomic E-state index is 14.9. The average molecular weight is 271 g/mol. The van der Waals surface area contributed by atoms with E-state index >= 15 is 0 Å². The van der Waals surface area contributed by atoms with Gasteiger partial charge in [-0.05, 0) is 39.0 Å². The summed E-state index contributed by atoms with van der Waals surface area (Å²) in [4.78, 5) is 0. The second kappa shape index (κ2) is 5.17. The van der Waals surface area contributed by atoms with E-state index in [1.165, 1.54) is 4.68 Å². The fraction of sp³-hybridized carbons (Fsp3) is 0.857. The lowest BCUT2D eigenvalue weighted by atomic mass is 9.81. The predicted molar refractivity (Wildman–Crippen MR) is 70.2 cm³/mol. The molecule has 0 spiro atoms. The lowest BCUT2D eigenvalue weighted by Crippen LogP contribution is -2.34. The summed E-state index contributed by atoms with van der Waals surface area (Å²) in [6, 6.07) is -0.0886. The van der Waals surface area contributed by atoms with Crippen molar-refractivity contribution in [2.75, 3.05) is 0 Å². The molecule has 2 rings (SSSR count). The van der Waals surface area contributed by atoms with E-state index in [0.29, 0.717) is 18.5 Å². The van der Waals surface area contributed by atoms with Crippen LogP contribution in [-0.2, 0) is 12.3 Å². The summed E-state index contributed by atoms with van der Waals surface area (Å²) in [6.07, 6.45) is 2.95. The van der Waals surface area contributed by atoms with Gasteiger partial charge < -0.3 is 0 Å². The molecule has 0 aliphatic heterocycles. The minimum absolute atomic E-state index is 0.0449. The van der Waals surface area contributed by atoms with Crippen LogP contribution in [0.3, 0.4) is 0 Å². The number of rotatable bonds is 2. The molecule has 1 heterocycles. The quantitative estimate of drug-likeness (QED) is 0.815. The second-order valence-electron chi connectivity index (χ2n) is 6.14. The van der Waals surface area contributed by atoms with Gasteiger partial charge >= 0.3 is 0 Å². The number of alkyl halides is 2. The van der Waals surface area contributed by atoms with Crippen LogP contribution >= 0.6 is 0 Å². The van der Waals surface area contributed by atoms with Gasteiger partial charge in [-0.15, -0.1) is 5.10 Å². The van der Waals surface area contributed by atoms with Gasteiger partial charge in [-0.25, -0.2) is 4.68 Å². The van der Waals surface area contributed by atoms with Crippen LogP contribution in [0.5, 0.6) is 0 Å². The van der Waals surface area contributed by atoms with Gasteiger partial charge in [-0.1, -0.05) is 25.5 Å². The Balaban J connectivity index is 2.54. The van der Waals surface area contributed by atoms with E-state index in [2.05, 4.69) is 10.3 Å². The summed E-state index contributed by atoms with van der Waals surface area (Å²) in [7, 11) is 0. The molecule has 0 amide bonds. The lowest BCUT2D eigenvalue weighted by molar-refractivity contribution is -0.0958. The largest absolute Gasteiger partial charge is 0.294 e. The van der Waals surface area contributed by atoms with Crippen LogP contribution in [0.25, 0.3) is 0 Å². The van der Waals surface area contributed by atoms with Crippen molar-refractivity contribution in [2.24, 2.45) is 11.8 Å². The van der Waals surface area contributed by atoms with E-state index in [4.69, 9.17) is 0 Å². The minimum Gasteiger partial charge on any atom is -0.240 e. The summed E-state index contributed by atoms with van der Waals surface area (Å²) in [6.45, 7) is 7.50. The summed E-state index contributed by atoms with van der Waals surface area (Å²) in [5, 5.41) is 7.96. The molecule has 0 N–H and O–H groups in total. The van der Waals surface area contributed by atoms with E-state index in [1.54, 1.807) is 0 Å². The van der Waals surface area contributed by atoms with Gasteiger partial charge in [-0.2, -0.15) is 8.78 Å². The molecule has 0 aromatic carbocycles. The summed E-state index contributed by atoms with van der Waals surface area (Å²) < 4.78 is 31.2. The zero-order valence-corrected chi connectivity index (χ0v) is 12.2. The number of aromatic nitrogens is 3. The van der Waals surface area contributed by atoms with Gasteiger partial charge in [0.05, 0.1) is 5.69 Å². The van der Waals surface area contributed by atoms with Crippen LogP contribution in [-0.4, -0.2) is 15.0 Å². The Morgan fingerprint density at radius 1 is 1.21 bits per heavy atom. The number of aryl methyl sites for hydroxylation is 1. The highest BCUT2D eigenvalue weighted by molar-refractivity contribution is 5.19. The first-order valence-electron chi connectivity index (χ1n) is 7.18. The van der Waals surface area contributed by atoms with Gasteiger partial charge in [0.25, 0.3) is 5.92 Å². The molecule has 1 aliphatic rings. The molecule has 0 fully saturated rings. The minimum atomic E-state index is -2.84. The number of nitrogens with zero attached hydrogens (tertiary/aromatic N) is 3. The van der Waals surface area contributed by atoms with Crippen molar-refractivity contribution in [2.45, 2.75) is 65.3 Å². The Labute approximate surface area is 113 Å². The van der Waals surface area contributed by atoms with Crippen molar-refractivity contribution in [1.82, 2.24) is 15.0 Å². The Bertz CT molecular complexity index is 438. The second-order valence-corrected chi connectivity index (χ2v) is 6.14. The maximum Gasteiger partial charge on any atom is 0.294 e. The van der Waals surface area contributed by atoms with Crippen molar-refractivity contribution in [1.29, 1.82) is 0 Å². The smallest absolute Gasteiger partial charge is 0.240 e. The molecule has 19 heavy (non-hydrogen) atoms. The predicted octanol–water partition coefficient (Wildman–Crippen LogP) is 3.95. The van der Waals surface area contributed by atoms with Crippen LogP contribution in [0.15, 0.2) is 0 Å². The van der Waals surface area contributed by atoms with Crippen LogP contribution in [0.4, 0.5) is 8.78 Å². The first-order chi connectivity index (χ1) is 8.85. The topological polar surface area (TPSA) is 30.7 Å². The molecule has 1 aromatic heterocycles. The van der Waals surface area contributed by atoms with Gasteiger partial charge in [0.1, 0.15) is 5.69 Å². The summed E-state index contributed by atoms with van der Waals surface area (Å²) in [5.41, 5.74) is 0.546. The van der Waals surface area contributed by atoms with Gasteiger partial charge in [0.15, 0.2) is 0 Å². The van der Waals surface area contributed by atoms with E-state index in [0.717, 1.165) is 12.8 Å². The third-order valence-electron chi connectivity index (χ3n) is 4.02. The zero-order chi connectivity index (χ0) is 14.2. The highest BCUT2D eigenvalue weighted by Gasteiger charge is 2.48. The molecule has 1 aromatic rings. The number of hydrogen-bond donors (Lipinski definition) is 0. The van der Waals surface area contributed by atoms with Crippen molar-refractivity contribution in [3.05, 3.63) is 11.4 Å². The van der Waals surface area contributed by atoms with E-state index < -0.39 is 11.8 Å². The first-order valence-corrected chi connectivity index (χ1v) is 7.18. The highest BCUT2D eigenvalue weighted by atomic mass is 19.3. The first kappa shape index (κ1) is 14.4. The molecule has 1 unspecified atom stereocenters. The third kappa shape index (κ3) is 2.51. The molecule has 108 valence electrons. The molecule has 1 aliphatic carbocycles. The zero-order valence-electron chi connectivity index (χ0n) is 12.2. The molecule has 5 heteroatoms. The molecular weight excluding hydrogens is 248 g/mol. The van der Waals surface area contributed by atoms with Gasteiger partial charge in [-0.3, -0.25) is 0 Å². The number of fused-ring (bicyclic) bond motifs is 1. The highest BCUT2D eigenvalue weighted by Crippen LogP contribution is 2.45. The number of hydrogen-bond acceptors (Lipinski definition) is 2. The van der Waals surface area contributed by atoms with Crippen molar-refractivity contribution < 1.29 is 8.78 Å². The molecule has 3 nitrogen and oxygen atoms in total. The standard InChI is InChI=1S/C14H23F2N3/c1-9(2)11-7-5-6-8-12-13(14(11,15)16)19(10(3)4)18-17-12/h9-11H,5-8H2,1-4H3. The van der Waals surface area contributed by atoms with Crippen molar-refractivity contribution in [3.8, 4) is 0 Å². The van der Waals surface area contributed by atoms with Crippen molar-refractivity contribution >= 4 is 0 Å². The Hall–Kier alpha value is -1.00. The SMILES string of the molecule is CC(C)C1CCCCc2nnn(C(C)C)c2C1(F)F. The summed E-state index contributed by atoms with van der Waals surface area (Å²) >= 11 is 0.